The Labute approximate surface area is 190 Å². The van der Waals surface area contributed by atoms with E-state index >= 15 is 0 Å². The van der Waals surface area contributed by atoms with E-state index < -0.39 is 12.1 Å². The molecule has 32 heavy (non-hydrogen) atoms. The van der Waals surface area contributed by atoms with E-state index in [2.05, 4.69) is 15.3 Å². The van der Waals surface area contributed by atoms with Crippen LogP contribution in [0.15, 0.2) is 72.5 Å². The summed E-state index contributed by atoms with van der Waals surface area (Å²) in [5.74, 6) is 0.397. The molecule has 3 N–H and O–H groups in total. The second kappa shape index (κ2) is 10.2. The van der Waals surface area contributed by atoms with E-state index in [1.165, 1.54) is 12.5 Å². The number of aliphatic hydroxyl groups excluding tert-OH is 1. The number of carbonyl (C=O) groups excluding carboxylic acids is 1. The van der Waals surface area contributed by atoms with Crippen molar-refractivity contribution in [2.75, 3.05) is 6.61 Å². The number of carbonyl (C=O) groups is 1. The van der Waals surface area contributed by atoms with Gasteiger partial charge in [-0.25, -0.2) is 9.97 Å². The number of aliphatic hydroxyl groups is 1. The molecule has 0 unspecified atom stereocenters. The minimum atomic E-state index is -0.719. The van der Waals surface area contributed by atoms with Gasteiger partial charge in [-0.1, -0.05) is 42.5 Å². The van der Waals surface area contributed by atoms with E-state index in [-0.39, 0.29) is 5.91 Å². The van der Waals surface area contributed by atoms with Crippen LogP contribution in [0.3, 0.4) is 0 Å². The summed E-state index contributed by atoms with van der Waals surface area (Å²) in [4.78, 5) is 23.6. The van der Waals surface area contributed by atoms with E-state index in [9.17, 15) is 9.90 Å². The van der Waals surface area contributed by atoms with Gasteiger partial charge in [-0.3, -0.25) is 4.79 Å². The molecule has 2 aromatic heterocycles. The first-order chi connectivity index (χ1) is 15.6. The second-order valence-corrected chi connectivity index (χ2v) is 8.21. The lowest BCUT2D eigenvalue weighted by molar-refractivity contribution is 0.0827. The van der Waals surface area contributed by atoms with E-state index in [1.54, 1.807) is 18.3 Å². The number of benzene rings is 2. The third-order valence-electron chi connectivity index (χ3n) is 4.99. The molecule has 7 nitrogen and oxygen atoms in total. The standard InChI is InChI=1S/C24H24N4O3S/c1-16(29)20(27-23(30)21-13-25-15-26-21)10-11-31-19-9-5-8-18(12-19)22-14-32-24(28-22)17-6-3-2-4-7-17/h2-9,12-16,20,29H,10-11H2,1H3,(H,25,26)(H,27,30)/t16-,20+/m0/s1. The number of hydrogen-bond donors (Lipinski definition) is 3. The van der Waals surface area contributed by atoms with Crippen LogP contribution in [-0.4, -0.2) is 44.7 Å². The minimum Gasteiger partial charge on any atom is -0.493 e. The van der Waals surface area contributed by atoms with Crippen molar-refractivity contribution in [1.82, 2.24) is 20.3 Å². The number of thiazole rings is 1. The van der Waals surface area contributed by atoms with Crippen molar-refractivity contribution in [2.45, 2.75) is 25.5 Å². The van der Waals surface area contributed by atoms with Crippen LogP contribution >= 0.6 is 11.3 Å². The average Bonchev–Trinajstić information content (AvgIpc) is 3.52. The molecule has 0 spiro atoms. The molecule has 0 saturated carbocycles. The van der Waals surface area contributed by atoms with Crippen molar-refractivity contribution in [3.63, 3.8) is 0 Å². The lowest BCUT2D eigenvalue weighted by Crippen LogP contribution is -2.43. The predicted octanol–water partition coefficient (Wildman–Crippen LogP) is 4.15. The first-order valence-electron chi connectivity index (χ1n) is 10.3. The molecule has 2 aromatic carbocycles. The highest BCUT2D eigenvalue weighted by atomic mass is 32.1. The summed E-state index contributed by atoms with van der Waals surface area (Å²) in [6, 6.07) is 17.4. The number of imidazole rings is 1. The Morgan fingerprint density at radius 2 is 2.00 bits per heavy atom. The summed E-state index contributed by atoms with van der Waals surface area (Å²) in [7, 11) is 0. The smallest absolute Gasteiger partial charge is 0.269 e. The zero-order valence-corrected chi connectivity index (χ0v) is 18.4. The number of rotatable bonds is 9. The van der Waals surface area contributed by atoms with Crippen LogP contribution in [0.2, 0.25) is 0 Å². The highest BCUT2D eigenvalue weighted by molar-refractivity contribution is 7.13. The third kappa shape index (κ3) is 5.40. The molecule has 4 aromatic rings. The van der Waals surface area contributed by atoms with E-state index in [4.69, 9.17) is 9.72 Å². The molecule has 0 bridgehead atoms. The Morgan fingerprint density at radius 1 is 1.19 bits per heavy atom. The maximum Gasteiger partial charge on any atom is 0.269 e. The fourth-order valence-electron chi connectivity index (χ4n) is 3.23. The number of H-pyrrole nitrogens is 1. The van der Waals surface area contributed by atoms with Gasteiger partial charge in [-0.15, -0.1) is 11.3 Å². The SMILES string of the molecule is C[C@H](O)[C@@H](CCOc1cccc(-c2csc(-c3ccccc3)n2)c1)NC(=O)c1cnc[nH]1. The summed E-state index contributed by atoms with van der Waals surface area (Å²) in [5.41, 5.74) is 3.31. The van der Waals surface area contributed by atoms with E-state index in [1.807, 2.05) is 60.0 Å². The topological polar surface area (TPSA) is 100 Å². The van der Waals surface area contributed by atoms with Crippen LogP contribution < -0.4 is 10.1 Å². The Balaban J connectivity index is 1.36. The first-order valence-corrected chi connectivity index (χ1v) is 11.2. The highest BCUT2D eigenvalue weighted by Crippen LogP contribution is 2.30. The first kappa shape index (κ1) is 21.7. The molecule has 0 aliphatic heterocycles. The van der Waals surface area contributed by atoms with Crippen LogP contribution in [0.4, 0.5) is 0 Å². The largest absolute Gasteiger partial charge is 0.493 e. The van der Waals surface area contributed by atoms with Crippen LogP contribution in [0.1, 0.15) is 23.8 Å². The number of nitrogens with one attached hydrogen (secondary N) is 2. The zero-order chi connectivity index (χ0) is 22.3. The van der Waals surface area contributed by atoms with Gasteiger partial charge in [0, 0.05) is 22.9 Å². The van der Waals surface area contributed by atoms with Gasteiger partial charge >= 0.3 is 0 Å². The monoisotopic (exact) mass is 448 g/mol. The molecule has 4 rings (SSSR count). The van der Waals surface area contributed by atoms with Gasteiger partial charge in [0.25, 0.3) is 5.91 Å². The maximum atomic E-state index is 12.2. The molecular formula is C24H24N4O3S. The molecule has 2 atom stereocenters. The highest BCUT2D eigenvalue weighted by Gasteiger charge is 2.19. The van der Waals surface area contributed by atoms with E-state index in [0.29, 0.717) is 24.5 Å². The van der Waals surface area contributed by atoms with Crippen molar-refractivity contribution < 1.29 is 14.6 Å². The number of hydrogen-bond acceptors (Lipinski definition) is 6. The number of nitrogens with zero attached hydrogens (tertiary/aromatic N) is 2. The Morgan fingerprint density at radius 3 is 2.75 bits per heavy atom. The fourth-order valence-corrected chi connectivity index (χ4v) is 4.06. The number of aromatic nitrogens is 3. The molecule has 164 valence electrons. The van der Waals surface area contributed by atoms with E-state index in [0.717, 1.165) is 21.8 Å². The normalized spacial score (nSPS) is 12.8. The van der Waals surface area contributed by atoms with Crippen LogP contribution in [0.25, 0.3) is 21.8 Å². The zero-order valence-electron chi connectivity index (χ0n) is 17.6. The fraction of sp³-hybridized carbons (Fsp3) is 0.208. The van der Waals surface area contributed by atoms with Crippen molar-refractivity contribution in [2.24, 2.45) is 0 Å². The summed E-state index contributed by atoms with van der Waals surface area (Å²) in [5, 5.41) is 15.9. The van der Waals surface area contributed by atoms with Gasteiger partial charge in [0.1, 0.15) is 16.5 Å². The molecule has 1 amide bonds. The van der Waals surface area contributed by atoms with Gasteiger partial charge in [-0.05, 0) is 19.1 Å². The number of aromatic amines is 1. The van der Waals surface area contributed by atoms with Crippen molar-refractivity contribution in [1.29, 1.82) is 0 Å². The lowest BCUT2D eigenvalue weighted by atomic mass is 10.1. The van der Waals surface area contributed by atoms with Gasteiger partial charge in [0.15, 0.2) is 0 Å². The molecular weight excluding hydrogens is 424 g/mol. The van der Waals surface area contributed by atoms with Crippen molar-refractivity contribution in [3.8, 4) is 27.6 Å². The summed E-state index contributed by atoms with van der Waals surface area (Å²) < 4.78 is 5.91. The van der Waals surface area contributed by atoms with Crippen LogP contribution in [0.5, 0.6) is 5.75 Å². The Kier molecular flexibility index (Phi) is 6.94. The number of amides is 1. The number of ether oxygens (including phenoxy) is 1. The van der Waals surface area contributed by atoms with Crippen molar-refractivity contribution in [3.05, 3.63) is 78.2 Å². The maximum absolute atomic E-state index is 12.2. The summed E-state index contributed by atoms with van der Waals surface area (Å²) >= 11 is 1.61. The minimum absolute atomic E-state index is 0.312. The molecule has 2 heterocycles. The lowest BCUT2D eigenvalue weighted by Gasteiger charge is -2.21. The molecule has 0 fully saturated rings. The van der Waals surface area contributed by atoms with Crippen LogP contribution in [-0.2, 0) is 0 Å². The van der Waals surface area contributed by atoms with Gasteiger partial charge < -0.3 is 20.1 Å². The Hall–Kier alpha value is -3.49. The van der Waals surface area contributed by atoms with Crippen LogP contribution in [0, 0.1) is 0 Å². The second-order valence-electron chi connectivity index (χ2n) is 7.35. The van der Waals surface area contributed by atoms with Gasteiger partial charge in [-0.2, -0.15) is 0 Å². The molecule has 0 aliphatic rings. The predicted molar refractivity (Wildman–Crippen MR) is 125 cm³/mol. The summed E-state index contributed by atoms with van der Waals surface area (Å²) in [6.45, 7) is 1.99. The van der Waals surface area contributed by atoms with Gasteiger partial charge in [0.2, 0.25) is 0 Å². The molecule has 8 heteroatoms. The third-order valence-corrected chi connectivity index (χ3v) is 5.89. The van der Waals surface area contributed by atoms with Gasteiger partial charge in [0.05, 0.1) is 37.0 Å². The summed E-state index contributed by atoms with van der Waals surface area (Å²) in [6.07, 6.45) is 2.62. The molecule has 0 saturated heterocycles. The molecule has 0 radical (unpaired) electrons. The van der Waals surface area contributed by atoms with Crippen molar-refractivity contribution >= 4 is 17.2 Å². The molecule has 0 aliphatic carbocycles. The quantitative estimate of drug-likeness (QED) is 0.357. The average molecular weight is 449 g/mol. The Bertz CT molecular complexity index is 1140.